The Kier molecular flexibility index (Phi) is 4.26. The Morgan fingerprint density at radius 2 is 1.86 bits per heavy atom. The van der Waals surface area contributed by atoms with Gasteiger partial charge >= 0.3 is 0 Å². The molecule has 0 aliphatic carbocycles. The Labute approximate surface area is 125 Å². The van der Waals surface area contributed by atoms with Gasteiger partial charge in [-0.15, -0.1) is 0 Å². The molecule has 0 atom stereocenters. The molecule has 0 fully saturated rings. The van der Waals surface area contributed by atoms with Gasteiger partial charge in [0, 0.05) is 12.3 Å². The lowest BCUT2D eigenvalue weighted by Crippen LogP contribution is -2.14. The van der Waals surface area contributed by atoms with Gasteiger partial charge in [-0.3, -0.25) is 4.79 Å². The van der Waals surface area contributed by atoms with Crippen LogP contribution in [-0.2, 0) is 5.41 Å². The van der Waals surface area contributed by atoms with Gasteiger partial charge in [0.15, 0.2) is 0 Å². The minimum Gasteiger partial charge on any atom is -0.439 e. The predicted octanol–water partition coefficient (Wildman–Crippen LogP) is 3.66. The smallest absolute Gasteiger partial charge is 0.250 e. The van der Waals surface area contributed by atoms with Gasteiger partial charge < -0.3 is 10.5 Å². The molecule has 0 aliphatic rings. The molecule has 0 spiro atoms. The van der Waals surface area contributed by atoms with Crippen molar-refractivity contribution in [3.05, 3.63) is 53.7 Å². The molecule has 1 aromatic heterocycles. The quantitative estimate of drug-likeness (QED) is 0.911. The van der Waals surface area contributed by atoms with Crippen molar-refractivity contribution in [2.75, 3.05) is 0 Å². The van der Waals surface area contributed by atoms with E-state index in [-0.39, 0.29) is 5.41 Å². The van der Waals surface area contributed by atoms with Crippen LogP contribution in [0, 0.1) is 0 Å². The maximum atomic E-state index is 11.0. The van der Waals surface area contributed by atoms with Crippen LogP contribution in [0.25, 0.3) is 0 Å². The topological polar surface area (TPSA) is 65.2 Å². The molecule has 1 heterocycles. The molecule has 2 rings (SSSR count). The van der Waals surface area contributed by atoms with Crippen LogP contribution in [0.4, 0.5) is 0 Å². The summed E-state index contributed by atoms with van der Waals surface area (Å²) in [4.78, 5) is 15.0. The Bertz CT molecular complexity index is 616. The number of primary amides is 1. The summed E-state index contributed by atoms with van der Waals surface area (Å²) in [6, 6.07) is 11.2. The van der Waals surface area contributed by atoms with Crippen molar-refractivity contribution >= 4 is 5.91 Å². The second-order valence-electron chi connectivity index (χ2n) is 5.61. The molecule has 4 nitrogen and oxygen atoms in total. The first-order valence-corrected chi connectivity index (χ1v) is 6.96. The summed E-state index contributed by atoms with van der Waals surface area (Å²) in [5.74, 6) is 0.646. The van der Waals surface area contributed by atoms with Crippen LogP contribution in [-0.4, -0.2) is 10.9 Å². The SMILES string of the molecule is CCC(C)(C)c1ccc(Oc2ccc(C(N)=O)cn2)cc1. The van der Waals surface area contributed by atoms with E-state index in [0.29, 0.717) is 17.2 Å². The van der Waals surface area contributed by atoms with Crippen LogP contribution in [0.15, 0.2) is 42.6 Å². The van der Waals surface area contributed by atoms with Gasteiger partial charge in [0.05, 0.1) is 5.56 Å². The Balaban J connectivity index is 2.11. The molecular formula is C17H20N2O2. The first-order chi connectivity index (χ1) is 9.92. The number of hydrogen-bond donors (Lipinski definition) is 1. The Morgan fingerprint density at radius 1 is 1.19 bits per heavy atom. The fraction of sp³-hybridized carbons (Fsp3) is 0.294. The van der Waals surface area contributed by atoms with Crippen LogP contribution in [0.5, 0.6) is 11.6 Å². The highest BCUT2D eigenvalue weighted by molar-refractivity contribution is 5.92. The average Bonchev–Trinajstić information content (AvgIpc) is 2.48. The number of carbonyl (C=O) groups is 1. The summed E-state index contributed by atoms with van der Waals surface area (Å²) in [5.41, 5.74) is 6.96. The van der Waals surface area contributed by atoms with Gasteiger partial charge in [-0.2, -0.15) is 0 Å². The number of carbonyl (C=O) groups excluding carboxylic acids is 1. The third kappa shape index (κ3) is 3.60. The molecule has 0 aliphatic heterocycles. The lowest BCUT2D eigenvalue weighted by atomic mass is 9.82. The molecule has 4 heteroatoms. The number of ether oxygens (including phenoxy) is 1. The molecule has 0 radical (unpaired) electrons. The zero-order valence-electron chi connectivity index (χ0n) is 12.6. The molecule has 0 unspecified atom stereocenters. The van der Waals surface area contributed by atoms with Gasteiger partial charge in [-0.05, 0) is 35.6 Å². The van der Waals surface area contributed by atoms with E-state index in [1.807, 2.05) is 12.1 Å². The lowest BCUT2D eigenvalue weighted by molar-refractivity contribution is 0.1000. The Morgan fingerprint density at radius 3 is 2.33 bits per heavy atom. The van der Waals surface area contributed by atoms with Crippen LogP contribution < -0.4 is 10.5 Å². The maximum Gasteiger partial charge on any atom is 0.250 e. The van der Waals surface area contributed by atoms with Crippen molar-refractivity contribution in [3.63, 3.8) is 0 Å². The van der Waals surface area contributed by atoms with Crippen LogP contribution >= 0.6 is 0 Å². The molecule has 1 amide bonds. The molecule has 21 heavy (non-hydrogen) atoms. The maximum absolute atomic E-state index is 11.0. The predicted molar refractivity (Wildman–Crippen MR) is 82.6 cm³/mol. The number of nitrogens with two attached hydrogens (primary N) is 1. The minimum atomic E-state index is -0.500. The monoisotopic (exact) mass is 284 g/mol. The summed E-state index contributed by atoms with van der Waals surface area (Å²) >= 11 is 0. The molecular weight excluding hydrogens is 264 g/mol. The summed E-state index contributed by atoms with van der Waals surface area (Å²) < 4.78 is 5.65. The largest absolute Gasteiger partial charge is 0.439 e. The van der Waals surface area contributed by atoms with Gasteiger partial charge in [0.1, 0.15) is 5.75 Å². The standard InChI is InChI=1S/C17H20N2O2/c1-4-17(2,3)13-6-8-14(9-7-13)21-15-10-5-12(11-19-15)16(18)20/h5-11H,4H2,1-3H3,(H2,18,20). The van der Waals surface area contributed by atoms with Gasteiger partial charge in [0.2, 0.25) is 11.8 Å². The second kappa shape index (κ2) is 5.95. The number of hydrogen-bond acceptors (Lipinski definition) is 3. The first kappa shape index (κ1) is 15.0. The highest BCUT2D eigenvalue weighted by Crippen LogP contribution is 2.29. The molecule has 1 aromatic carbocycles. The summed E-state index contributed by atoms with van der Waals surface area (Å²) in [7, 11) is 0. The number of aromatic nitrogens is 1. The average molecular weight is 284 g/mol. The van der Waals surface area contributed by atoms with Crippen LogP contribution in [0.2, 0.25) is 0 Å². The summed E-state index contributed by atoms with van der Waals surface area (Å²) in [6.07, 6.45) is 2.48. The fourth-order valence-electron chi connectivity index (χ4n) is 1.89. The molecule has 2 N–H and O–H groups in total. The van der Waals surface area contributed by atoms with Crippen molar-refractivity contribution in [2.45, 2.75) is 32.6 Å². The van der Waals surface area contributed by atoms with Crippen molar-refractivity contribution < 1.29 is 9.53 Å². The number of nitrogens with zero attached hydrogens (tertiary/aromatic N) is 1. The van der Waals surface area contributed by atoms with Gasteiger partial charge in [-0.25, -0.2) is 4.98 Å². The highest BCUT2D eigenvalue weighted by Gasteiger charge is 2.17. The van der Waals surface area contributed by atoms with Crippen molar-refractivity contribution in [1.29, 1.82) is 0 Å². The van der Waals surface area contributed by atoms with Crippen LogP contribution in [0.3, 0.4) is 0 Å². The van der Waals surface area contributed by atoms with Crippen molar-refractivity contribution in [1.82, 2.24) is 4.98 Å². The van der Waals surface area contributed by atoms with E-state index in [1.54, 1.807) is 12.1 Å². The van der Waals surface area contributed by atoms with Gasteiger partial charge in [-0.1, -0.05) is 32.9 Å². The molecule has 0 bridgehead atoms. The van der Waals surface area contributed by atoms with E-state index in [2.05, 4.69) is 37.9 Å². The highest BCUT2D eigenvalue weighted by atomic mass is 16.5. The van der Waals surface area contributed by atoms with E-state index >= 15 is 0 Å². The van der Waals surface area contributed by atoms with E-state index in [9.17, 15) is 4.79 Å². The normalized spacial score (nSPS) is 11.2. The third-order valence-electron chi connectivity index (χ3n) is 3.76. The van der Waals surface area contributed by atoms with E-state index in [4.69, 9.17) is 10.5 Å². The van der Waals surface area contributed by atoms with E-state index < -0.39 is 5.91 Å². The second-order valence-corrected chi connectivity index (χ2v) is 5.61. The number of amides is 1. The lowest BCUT2D eigenvalue weighted by Gasteiger charge is -2.23. The molecule has 110 valence electrons. The third-order valence-corrected chi connectivity index (χ3v) is 3.76. The van der Waals surface area contributed by atoms with Crippen molar-refractivity contribution in [3.8, 4) is 11.6 Å². The van der Waals surface area contributed by atoms with E-state index in [1.165, 1.54) is 11.8 Å². The van der Waals surface area contributed by atoms with E-state index in [0.717, 1.165) is 6.42 Å². The summed E-state index contributed by atoms with van der Waals surface area (Å²) in [5, 5.41) is 0. The number of rotatable bonds is 5. The zero-order chi connectivity index (χ0) is 15.5. The first-order valence-electron chi connectivity index (χ1n) is 6.96. The molecule has 0 saturated carbocycles. The van der Waals surface area contributed by atoms with Crippen molar-refractivity contribution in [2.24, 2.45) is 5.73 Å². The zero-order valence-corrected chi connectivity index (χ0v) is 12.6. The number of pyridine rings is 1. The summed E-state index contributed by atoms with van der Waals surface area (Å²) in [6.45, 7) is 6.61. The van der Waals surface area contributed by atoms with Crippen LogP contribution in [0.1, 0.15) is 43.1 Å². The minimum absolute atomic E-state index is 0.153. The molecule has 0 saturated heterocycles. The fourth-order valence-corrected chi connectivity index (χ4v) is 1.89. The Hall–Kier alpha value is -2.36. The number of benzene rings is 1. The van der Waals surface area contributed by atoms with Gasteiger partial charge in [0.25, 0.3) is 0 Å². The molecule has 2 aromatic rings.